The number of rotatable bonds is 1. The molecule has 1 saturated heterocycles. The van der Waals surface area contributed by atoms with E-state index in [9.17, 15) is 0 Å². The fourth-order valence-electron chi connectivity index (χ4n) is 2.08. The summed E-state index contributed by atoms with van der Waals surface area (Å²) in [5.74, 6) is 1.51. The summed E-state index contributed by atoms with van der Waals surface area (Å²) >= 11 is 0. The summed E-state index contributed by atoms with van der Waals surface area (Å²) in [5, 5.41) is 4.45. The number of aromatic nitrogens is 4. The van der Waals surface area contributed by atoms with Gasteiger partial charge in [-0.3, -0.25) is 0 Å². The van der Waals surface area contributed by atoms with E-state index in [1.807, 2.05) is 19.2 Å². The minimum absolute atomic E-state index is 0.695. The fraction of sp³-hybridized carbons (Fsp3) is 0.545. The predicted molar refractivity (Wildman–Crippen MR) is 61.6 cm³/mol. The van der Waals surface area contributed by atoms with Crippen molar-refractivity contribution >= 4 is 11.7 Å². The van der Waals surface area contributed by atoms with E-state index in [-0.39, 0.29) is 0 Å². The van der Waals surface area contributed by atoms with Crippen molar-refractivity contribution in [1.29, 1.82) is 0 Å². The van der Waals surface area contributed by atoms with Gasteiger partial charge in [0.2, 0.25) is 5.95 Å². The second-order valence-corrected chi connectivity index (χ2v) is 4.27. The third-order valence-electron chi connectivity index (χ3n) is 2.97. The molecule has 16 heavy (non-hydrogen) atoms. The summed E-state index contributed by atoms with van der Waals surface area (Å²) in [7, 11) is 0. The highest BCUT2D eigenvalue weighted by atomic mass is 15.4. The largest absolute Gasteiger partial charge is 0.339 e. The fourth-order valence-corrected chi connectivity index (χ4v) is 2.08. The average Bonchev–Trinajstić information content (AvgIpc) is 2.73. The zero-order valence-corrected chi connectivity index (χ0v) is 9.43. The van der Waals surface area contributed by atoms with Crippen molar-refractivity contribution in [2.75, 3.05) is 18.0 Å². The molecule has 84 valence electrons. The standard InChI is InChI=1S/C11H15N5/c1-9-5-8-16-10(12-9)13-11(14-16)15-6-3-2-4-7-15/h5,8H,2-4,6-7H2,1H3. The summed E-state index contributed by atoms with van der Waals surface area (Å²) in [6.07, 6.45) is 5.71. The predicted octanol–water partition coefficient (Wildman–Crippen LogP) is 1.42. The number of piperidine rings is 1. The van der Waals surface area contributed by atoms with Crippen molar-refractivity contribution in [3.05, 3.63) is 18.0 Å². The van der Waals surface area contributed by atoms with Gasteiger partial charge in [0.15, 0.2) is 0 Å². The highest BCUT2D eigenvalue weighted by Crippen LogP contribution is 2.16. The van der Waals surface area contributed by atoms with Crippen molar-refractivity contribution in [3.8, 4) is 0 Å². The Morgan fingerprint density at radius 1 is 1.12 bits per heavy atom. The van der Waals surface area contributed by atoms with Crippen LogP contribution in [0.25, 0.3) is 5.78 Å². The molecule has 0 spiro atoms. The Morgan fingerprint density at radius 2 is 1.94 bits per heavy atom. The molecule has 0 amide bonds. The van der Waals surface area contributed by atoms with E-state index in [2.05, 4.69) is 20.0 Å². The molecule has 1 fully saturated rings. The molecule has 0 aromatic carbocycles. The molecule has 1 aliphatic rings. The van der Waals surface area contributed by atoms with Crippen LogP contribution in [0.4, 0.5) is 5.95 Å². The van der Waals surface area contributed by atoms with Crippen LogP contribution in [0.1, 0.15) is 25.0 Å². The average molecular weight is 217 g/mol. The van der Waals surface area contributed by atoms with Gasteiger partial charge in [-0.2, -0.15) is 4.98 Å². The third-order valence-corrected chi connectivity index (χ3v) is 2.97. The molecule has 0 aliphatic carbocycles. The molecule has 3 heterocycles. The van der Waals surface area contributed by atoms with Gasteiger partial charge in [0.25, 0.3) is 5.78 Å². The summed E-state index contributed by atoms with van der Waals surface area (Å²) in [4.78, 5) is 11.1. The van der Waals surface area contributed by atoms with Gasteiger partial charge in [-0.1, -0.05) is 0 Å². The first-order chi connectivity index (χ1) is 7.83. The maximum absolute atomic E-state index is 4.46. The number of fused-ring (bicyclic) bond motifs is 1. The molecule has 0 N–H and O–H groups in total. The Kier molecular flexibility index (Phi) is 2.23. The van der Waals surface area contributed by atoms with Crippen LogP contribution in [-0.2, 0) is 0 Å². The lowest BCUT2D eigenvalue weighted by Gasteiger charge is -2.24. The van der Waals surface area contributed by atoms with Gasteiger partial charge in [-0.15, -0.1) is 5.10 Å². The molecule has 5 heteroatoms. The van der Waals surface area contributed by atoms with Crippen molar-refractivity contribution in [2.45, 2.75) is 26.2 Å². The van der Waals surface area contributed by atoms with E-state index >= 15 is 0 Å². The van der Waals surface area contributed by atoms with Crippen LogP contribution in [0.15, 0.2) is 12.3 Å². The van der Waals surface area contributed by atoms with Crippen molar-refractivity contribution in [2.24, 2.45) is 0 Å². The maximum atomic E-state index is 4.46. The summed E-state index contributed by atoms with van der Waals surface area (Å²) < 4.78 is 1.75. The number of hydrogen-bond acceptors (Lipinski definition) is 4. The van der Waals surface area contributed by atoms with Gasteiger partial charge in [0, 0.05) is 25.0 Å². The van der Waals surface area contributed by atoms with E-state index in [4.69, 9.17) is 0 Å². The molecule has 5 nitrogen and oxygen atoms in total. The van der Waals surface area contributed by atoms with E-state index in [0.29, 0.717) is 5.78 Å². The van der Waals surface area contributed by atoms with E-state index in [0.717, 1.165) is 24.7 Å². The van der Waals surface area contributed by atoms with Crippen molar-refractivity contribution in [3.63, 3.8) is 0 Å². The quantitative estimate of drug-likeness (QED) is 0.724. The minimum atomic E-state index is 0.695. The van der Waals surface area contributed by atoms with Crippen LogP contribution in [0.3, 0.4) is 0 Å². The highest BCUT2D eigenvalue weighted by Gasteiger charge is 2.15. The topological polar surface area (TPSA) is 46.3 Å². The molecule has 0 unspecified atom stereocenters. The third kappa shape index (κ3) is 1.62. The van der Waals surface area contributed by atoms with Crippen LogP contribution in [0.2, 0.25) is 0 Å². The lowest BCUT2D eigenvalue weighted by molar-refractivity contribution is 0.568. The van der Waals surface area contributed by atoms with Gasteiger partial charge in [-0.25, -0.2) is 9.50 Å². The van der Waals surface area contributed by atoms with Crippen LogP contribution < -0.4 is 4.90 Å². The molecule has 2 aromatic rings. The van der Waals surface area contributed by atoms with Gasteiger partial charge >= 0.3 is 0 Å². The van der Waals surface area contributed by atoms with Crippen LogP contribution in [0.5, 0.6) is 0 Å². The molecule has 0 atom stereocenters. The first-order valence-corrected chi connectivity index (χ1v) is 5.78. The van der Waals surface area contributed by atoms with Gasteiger partial charge in [0.1, 0.15) is 0 Å². The maximum Gasteiger partial charge on any atom is 0.254 e. The van der Waals surface area contributed by atoms with Crippen LogP contribution in [-0.4, -0.2) is 32.7 Å². The molecule has 3 rings (SSSR count). The second kappa shape index (κ2) is 3.73. The van der Waals surface area contributed by atoms with E-state index < -0.39 is 0 Å². The molecule has 0 bridgehead atoms. The molecule has 2 aromatic heterocycles. The number of hydrogen-bond donors (Lipinski definition) is 0. The minimum Gasteiger partial charge on any atom is -0.339 e. The Bertz CT molecular complexity index is 498. The Hall–Kier alpha value is -1.65. The second-order valence-electron chi connectivity index (χ2n) is 4.27. The van der Waals surface area contributed by atoms with E-state index in [1.54, 1.807) is 4.52 Å². The number of anilines is 1. The van der Waals surface area contributed by atoms with Gasteiger partial charge < -0.3 is 4.90 Å². The molecular weight excluding hydrogens is 202 g/mol. The zero-order valence-electron chi connectivity index (χ0n) is 9.43. The smallest absolute Gasteiger partial charge is 0.254 e. The van der Waals surface area contributed by atoms with Crippen molar-refractivity contribution in [1.82, 2.24) is 19.6 Å². The van der Waals surface area contributed by atoms with Gasteiger partial charge in [0.05, 0.1) is 0 Å². The normalized spacial score (nSPS) is 16.9. The van der Waals surface area contributed by atoms with Gasteiger partial charge in [-0.05, 0) is 32.3 Å². The zero-order chi connectivity index (χ0) is 11.0. The monoisotopic (exact) mass is 217 g/mol. The highest BCUT2D eigenvalue weighted by molar-refractivity contribution is 5.39. The SMILES string of the molecule is Cc1ccn2nc(N3CCCCC3)nc2n1. The molecule has 1 aliphatic heterocycles. The number of aryl methyl sites for hydroxylation is 1. The Balaban J connectivity index is 1.97. The first kappa shape index (κ1) is 9.57. The summed E-state index contributed by atoms with van der Waals surface area (Å²) in [5.41, 5.74) is 0.977. The molecule has 0 saturated carbocycles. The molecule has 0 radical (unpaired) electrons. The molecular formula is C11H15N5. The van der Waals surface area contributed by atoms with Crippen LogP contribution >= 0.6 is 0 Å². The van der Waals surface area contributed by atoms with Crippen molar-refractivity contribution < 1.29 is 0 Å². The van der Waals surface area contributed by atoms with Crippen LogP contribution in [0, 0.1) is 6.92 Å². The Morgan fingerprint density at radius 3 is 2.75 bits per heavy atom. The first-order valence-electron chi connectivity index (χ1n) is 5.78. The lowest BCUT2D eigenvalue weighted by Crippen LogP contribution is -2.30. The Labute approximate surface area is 94.1 Å². The number of nitrogens with zero attached hydrogens (tertiary/aromatic N) is 5. The van der Waals surface area contributed by atoms with E-state index in [1.165, 1.54) is 19.3 Å². The summed E-state index contributed by atoms with van der Waals surface area (Å²) in [6, 6.07) is 1.95. The lowest BCUT2D eigenvalue weighted by atomic mass is 10.1. The summed E-state index contributed by atoms with van der Waals surface area (Å²) in [6.45, 7) is 4.10.